The third-order valence-electron chi connectivity index (χ3n) is 3.23. The molecule has 1 amide bonds. The molecule has 1 aliphatic rings. The number of rotatable bonds is 4. The van der Waals surface area contributed by atoms with Crippen LogP contribution in [0.3, 0.4) is 0 Å². The number of carbonyl (C=O) groups is 1. The van der Waals surface area contributed by atoms with Gasteiger partial charge in [0.2, 0.25) is 5.91 Å². The molecule has 0 aliphatic carbocycles. The van der Waals surface area contributed by atoms with Gasteiger partial charge >= 0.3 is 0 Å². The second-order valence-corrected chi connectivity index (χ2v) is 6.56. The zero-order chi connectivity index (χ0) is 14.0. The molecule has 0 saturated carbocycles. The van der Waals surface area contributed by atoms with Crippen LogP contribution >= 0.6 is 27.3 Å². The third kappa shape index (κ3) is 3.35. The maximum atomic E-state index is 11.6. The second kappa shape index (κ2) is 6.32. The number of halogens is 1. The van der Waals surface area contributed by atoms with Crippen molar-refractivity contribution >= 4 is 33.2 Å². The Morgan fingerprint density at radius 2 is 2.42 bits per heavy atom. The van der Waals surface area contributed by atoms with Gasteiger partial charge in [0, 0.05) is 27.3 Å². The predicted molar refractivity (Wildman–Crippen MR) is 78.9 cm³/mol. The molecule has 4 N–H and O–H groups in total. The zero-order valence-electron chi connectivity index (χ0n) is 10.7. The molecule has 106 valence electrons. The summed E-state index contributed by atoms with van der Waals surface area (Å²) in [5, 5.41) is 2.02. The first kappa shape index (κ1) is 14.9. The first-order valence-corrected chi connectivity index (χ1v) is 7.80. The van der Waals surface area contributed by atoms with Crippen LogP contribution in [0.15, 0.2) is 15.9 Å². The van der Waals surface area contributed by atoms with Crippen molar-refractivity contribution in [3.05, 3.63) is 20.8 Å². The second-order valence-electron chi connectivity index (χ2n) is 4.70. The molecule has 3 unspecified atom stereocenters. The highest BCUT2D eigenvalue weighted by Crippen LogP contribution is 2.33. The van der Waals surface area contributed by atoms with E-state index in [2.05, 4.69) is 20.8 Å². The van der Waals surface area contributed by atoms with E-state index < -0.39 is 6.04 Å². The number of thiophene rings is 1. The summed E-state index contributed by atoms with van der Waals surface area (Å²) in [5.41, 5.74) is 11.6. The Labute approximate surface area is 125 Å². The van der Waals surface area contributed by atoms with E-state index in [1.165, 1.54) is 0 Å². The lowest BCUT2D eigenvalue weighted by Gasteiger charge is -2.40. The van der Waals surface area contributed by atoms with Gasteiger partial charge in [0.25, 0.3) is 0 Å². The molecule has 0 aromatic carbocycles. The summed E-state index contributed by atoms with van der Waals surface area (Å²) in [6, 6.07) is 1.53. The summed E-state index contributed by atoms with van der Waals surface area (Å²) in [5.74, 6) is -0.360. The highest BCUT2D eigenvalue weighted by Gasteiger charge is 2.36. The molecule has 5 nitrogen and oxygen atoms in total. The van der Waals surface area contributed by atoms with E-state index in [0.717, 1.165) is 9.35 Å². The van der Waals surface area contributed by atoms with Crippen LogP contribution in [0.5, 0.6) is 0 Å². The first-order valence-electron chi connectivity index (χ1n) is 6.13. The fraction of sp³-hybridized carbons (Fsp3) is 0.583. The summed E-state index contributed by atoms with van der Waals surface area (Å²) in [6.45, 7) is 3.55. The highest BCUT2D eigenvalue weighted by atomic mass is 79.9. The van der Waals surface area contributed by atoms with E-state index in [9.17, 15) is 4.79 Å². The van der Waals surface area contributed by atoms with E-state index in [4.69, 9.17) is 16.2 Å². The van der Waals surface area contributed by atoms with Gasteiger partial charge in [-0.05, 0) is 28.9 Å². The molecule has 1 aromatic rings. The largest absolute Gasteiger partial charge is 0.378 e. The van der Waals surface area contributed by atoms with Crippen molar-refractivity contribution in [3.63, 3.8) is 0 Å². The smallest absolute Gasteiger partial charge is 0.237 e. The lowest BCUT2D eigenvalue weighted by atomic mass is 10.0. The van der Waals surface area contributed by atoms with Crippen molar-refractivity contribution in [2.24, 2.45) is 11.5 Å². The first-order chi connectivity index (χ1) is 9.00. The number of nitrogens with two attached hydrogens (primary N) is 2. The average Bonchev–Trinajstić information content (AvgIpc) is 2.76. The number of nitrogens with zero attached hydrogens (tertiary/aromatic N) is 1. The predicted octanol–water partition coefficient (Wildman–Crippen LogP) is 1.08. The van der Waals surface area contributed by atoms with Crippen molar-refractivity contribution in [1.82, 2.24) is 4.90 Å². The molecule has 2 heterocycles. The minimum Gasteiger partial charge on any atom is -0.378 e. The molecule has 0 spiro atoms. The lowest BCUT2D eigenvalue weighted by Crippen LogP contribution is -2.56. The molecular formula is C12H18BrN3O2S. The average molecular weight is 348 g/mol. The van der Waals surface area contributed by atoms with Gasteiger partial charge in [-0.1, -0.05) is 0 Å². The number of amides is 1. The van der Waals surface area contributed by atoms with Gasteiger partial charge in [0.1, 0.15) is 6.04 Å². The Balaban J connectivity index is 2.29. The number of primary amides is 1. The topological polar surface area (TPSA) is 81.6 Å². The normalized spacial score (nSPS) is 24.1. The van der Waals surface area contributed by atoms with Gasteiger partial charge in [0.05, 0.1) is 19.3 Å². The lowest BCUT2D eigenvalue weighted by molar-refractivity contribution is -0.131. The van der Waals surface area contributed by atoms with Crippen LogP contribution in [0.4, 0.5) is 0 Å². The molecule has 1 saturated heterocycles. The van der Waals surface area contributed by atoms with Crippen LogP contribution in [0, 0.1) is 0 Å². The molecule has 3 atom stereocenters. The highest BCUT2D eigenvalue weighted by molar-refractivity contribution is 9.10. The summed E-state index contributed by atoms with van der Waals surface area (Å²) >= 11 is 5.08. The van der Waals surface area contributed by atoms with Crippen molar-refractivity contribution in [2.45, 2.75) is 25.0 Å². The summed E-state index contributed by atoms with van der Waals surface area (Å²) < 4.78 is 6.39. The molecule has 0 radical (unpaired) electrons. The fourth-order valence-electron chi connectivity index (χ4n) is 2.40. The van der Waals surface area contributed by atoms with Gasteiger partial charge in [-0.2, -0.15) is 0 Å². The Morgan fingerprint density at radius 3 is 2.95 bits per heavy atom. The Morgan fingerprint density at radius 1 is 1.68 bits per heavy atom. The van der Waals surface area contributed by atoms with Crippen LogP contribution in [-0.4, -0.2) is 42.6 Å². The fourth-order valence-corrected chi connectivity index (χ4v) is 4.08. The number of ether oxygens (including phenoxy) is 1. The molecule has 1 fully saturated rings. The summed E-state index contributed by atoms with van der Waals surface area (Å²) in [6.07, 6.45) is 0. The Kier molecular flexibility index (Phi) is 4.97. The summed E-state index contributed by atoms with van der Waals surface area (Å²) in [7, 11) is 0. The number of morpholine rings is 1. The van der Waals surface area contributed by atoms with E-state index in [1.54, 1.807) is 11.3 Å². The Hall–Kier alpha value is -0.470. The Bertz CT molecular complexity index is 452. The van der Waals surface area contributed by atoms with Crippen molar-refractivity contribution < 1.29 is 9.53 Å². The monoisotopic (exact) mass is 347 g/mol. The van der Waals surface area contributed by atoms with Crippen molar-refractivity contribution in [1.29, 1.82) is 0 Å². The molecule has 1 aliphatic heterocycles. The van der Waals surface area contributed by atoms with Gasteiger partial charge in [0.15, 0.2) is 0 Å². The van der Waals surface area contributed by atoms with Crippen molar-refractivity contribution in [3.8, 4) is 0 Å². The molecule has 7 heteroatoms. The third-order valence-corrected chi connectivity index (χ3v) is 5.00. The minimum absolute atomic E-state index is 0.0160. The minimum atomic E-state index is -0.411. The van der Waals surface area contributed by atoms with E-state index in [0.29, 0.717) is 19.8 Å². The standard InChI is InChI=1S/C12H18BrN3O2S/c1-7(14)11(10-4-8(13)6-19-10)16-2-3-18-5-9(16)12(15)17/h4,6-7,9,11H,2-3,5,14H2,1H3,(H2,15,17). The maximum Gasteiger partial charge on any atom is 0.237 e. The van der Waals surface area contributed by atoms with Crippen molar-refractivity contribution in [2.75, 3.05) is 19.8 Å². The van der Waals surface area contributed by atoms with Crippen LogP contribution in [0.1, 0.15) is 17.8 Å². The molecule has 19 heavy (non-hydrogen) atoms. The van der Waals surface area contributed by atoms with Crippen LogP contribution in [0.2, 0.25) is 0 Å². The molecule has 2 rings (SSSR count). The van der Waals surface area contributed by atoms with E-state index in [1.807, 2.05) is 18.4 Å². The van der Waals surface area contributed by atoms with Gasteiger partial charge in [-0.3, -0.25) is 9.69 Å². The number of carbonyl (C=O) groups excluding carboxylic acids is 1. The number of hydrogen-bond acceptors (Lipinski definition) is 5. The van der Waals surface area contributed by atoms with E-state index in [-0.39, 0.29) is 18.0 Å². The summed E-state index contributed by atoms with van der Waals surface area (Å²) in [4.78, 5) is 14.8. The molecular weight excluding hydrogens is 330 g/mol. The van der Waals surface area contributed by atoms with Crippen LogP contribution < -0.4 is 11.5 Å². The van der Waals surface area contributed by atoms with Crippen LogP contribution in [-0.2, 0) is 9.53 Å². The maximum absolute atomic E-state index is 11.6. The number of hydrogen-bond donors (Lipinski definition) is 2. The molecule has 1 aromatic heterocycles. The van der Waals surface area contributed by atoms with E-state index >= 15 is 0 Å². The van der Waals surface area contributed by atoms with Gasteiger partial charge < -0.3 is 16.2 Å². The van der Waals surface area contributed by atoms with Crippen LogP contribution in [0.25, 0.3) is 0 Å². The van der Waals surface area contributed by atoms with Gasteiger partial charge in [-0.25, -0.2) is 0 Å². The SMILES string of the molecule is CC(N)C(c1cc(Br)cs1)N1CCOCC1C(N)=O. The quantitative estimate of drug-likeness (QED) is 0.853. The molecule has 0 bridgehead atoms. The zero-order valence-corrected chi connectivity index (χ0v) is 13.1. The van der Waals surface area contributed by atoms with Gasteiger partial charge in [-0.15, -0.1) is 11.3 Å².